The normalized spacial score (nSPS) is 27.5. The van der Waals surface area contributed by atoms with Gasteiger partial charge in [0.2, 0.25) is 0 Å². The van der Waals surface area contributed by atoms with Crippen molar-refractivity contribution in [2.45, 2.75) is 20.3 Å². The first-order chi connectivity index (χ1) is 6.72. The van der Waals surface area contributed by atoms with Gasteiger partial charge in [0.25, 0.3) is 0 Å². The second kappa shape index (κ2) is 4.54. The molecule has 2 nitrogen and oxygen atoms in total. The van der Waals surface area contributed by atoms with Gasteiger partial charge in [-0.1, -0.05) is 19.9 Å². The largest absolute Gasteiger partial charge is 0.495 e. The van der Waals surface area contributed by atoms with Crippen LogP contribution in [0.2, 0.25) is 0 Å². The molecule has 1 saturated carbocycles. The SMILES string of the molecule is CC.COC1=CC2CC2C=C1N(C)C. The summed E-state index contributed by atoms with van der Waals surface area (Å²) in [4.78, 5) is 2.11. The van der Waals surface area contributed by atoms with Crippen molar-refractivity contribution in [3.8, 4) is 0 Å². The van der Waals surface area contributed by atoms with Gasteiger partial charge in [0.15, 0.2) is 0 Å². The molecule has 80 valence electrons. The van der Waals surface area contributed by atoms with Crippen LogP contribution in [-0.2, 0) is 4.74 Å². The summed E-state index contributed by atoms with van der Waals surface area (Å²) >= 11 is 0. The number of ether oxygens (including phenoxy) is 1. The van der Waals surface area contributed by atoms with Crippen LogP contribution < -0.4 is 0 Å². The lowest BCUT2D eigenvalue weighted by Gasteiger charge is -2.21. The predicted molar refractivity (Wildman–Crippen MR) is 59.8 cm³/mol. The van der Waals surface area contributed by atoms with E-state index < -0.39 is 0 Å². The first-order valence-electron chi connectivity index (χ1n) is 5.37. The van der Waals surface area contributed by atoms with Gasteiger partial charge in [0.05, 0.1) is 12.8 Å². The topological polar surface area (TPSA) is 12.5 Å². The zero-order valence-electron chi connectivity index (χ0n) is 9.87. The molecule has 2 rings (SSSR count). The van der Waals surface area contributed by atoms with Gasteiger partial charge in [-0.15, -0.1) is 0 Å². The van der Waals surface area contributed by atoms with Gasteiger partial charge in [-0.05, 0) is 24.3 Å². The smallest absolute Gasteiger partial charge is 0.138 e. The summed E-state index contributed by atoms with van der Waals surface area (Å²) in [5.41, 5.74) is 1.23. The standard InChI is InChI=1S/C10H15NO.C2H6/c1-11(2)9-5-7-4-8(7)6-10(9)12-3;1-2/h5-8H,4H2,1-3H3;1-2H3. The molecule has 1 fully saturated rings. The van der Waals surface area contributed by atoms with Gasteiger partial charge in [-0.25, -0.2) is 0 Å². The van der Waals surface area contributed by atoms with Crippen LogP contribution in [0.4, 0.5) is 0 Å². The number of nitrogens with zero attached hydrogens (tertiary/aromatic N) is 1. The molecule has 0 heterocycles. The summed E-state index contributed by atoms with van der Waals surface area (Å²) in [5.74, 6) is 2.60. The second-order valence-corrected chi connectivity index (χ2v) is 3.74. The zero-order chi connectivity index (χ0) is 10.7. The number of fused-ring (bicyclic) bond motifs is 1. The second-order valence-electron chi connectivity index (χ2n) is 3.74. The van der Waals surface area contributed by atoms with E-state index in [0.717, 1.165) is 17.6 Å². The van der Waals surface area contributed by atoms with Crippen LogP contribution in [0.3, 0.4) is 0 Å². The highest BCUT2D eigenvalue weighted by Gasteiger charge is 2.38. The molecule has 0 saturated heterocycles. The highest BCUT2D eigenvalue weighted by Crippen LogP contribution is 2.46. The Labute approximate surface area is 87.2 Å². The van der Waals surface area contributed by atoms with E-state index in [9.17, 15) is 0 Å². The Balaban J connectivity index is 0.000000461. The fourth-order valence-electron chi connectivity index (χ4n) is 1.73. The van der Waals surface area contributed by atoms with Crippen LogP contribution in [-0.4, -0.2) is 26.1 Å². The van der Waals surface area contributed by atoms with E-state index in [0.29, 0.717) is 0 Å². The maximum Gasteiger partial charge on any atom is 0.138 e. The van der Waals surface area contributed by atoms with E-state index in [2.05, 4.69) is 31.1 Å². The molecular weight excluding hydrogens is 174 g/mol. The third-order valence-corrected chi connectivity index (χ3v) is 2.58. The molecule has 0 aromatic carbocycles. The van der Waals surface area contributed by atoms with Crippen LogP contribution in [0.25, 0.3) is 0 Å². The van der Waals surface area contributed by atoms with E-state index in [4.69, 9.17) is 4.74 Å². The summed E-state index contributed by atoms with van der Waals surface area (Å²) in [6, 6.07) is 0. The van der Waals surface area contributed by atoms with Crippen LogP contribution in [0.1, 0.15) is 20.3 Å². The Hall–Kier alpha value is -0.920. The lowest BCUT2D eigenvalue weighted by atomic mass is 10.1. The third-order valence-electron chi connectivity index (χ3n) is 2.58. The fraction of sp³-hybridized carbons (Fsp3) is 0.667. The van der Waals surface area contributed by atoms with Crippen LogP contribution in [0.15, 0.2) is 23.6 Å². The van der Waals surface area contributed by atoms with Gasteiger partial charge in [0.1, 0.15) is 5.76 Å². The van der Waals surface area contributed by atoms with Gasteiger partial charge < -0.3 is 9.64 Å². The van der Waals surface area contributed by atoms with E-state index in [-0.39, 0.29) is 0 Å². The quantitative estimate of drug-likeness (QED) is 0.671. The van der Waals surface area contributed by atoms with Crippen molar-refractivity contribution in [2.24, 2.45) is 11.8 Å². The summed E-state index contributed by atoms with van der Waals surface area (Å²) < 4.78 is 5.31. The molecule has 0 aromatic heterocycles. The lowest BCUT2D eigenvalue weighted by Crippen LogP contribution is -2.16. The van der Waals surface area contributed by atoms with Crippen molar-refractivity contribution in [1.29, 1.82) is 0 Å². The van der Waals surface area contributed by atoms with Crippen LogP contribution in [0.5, 0.6) is 0 Å². The highest BCUT2D eigenvalue weighted by molar-refractivity contribution is 5.34. The van der Waals surface area contributed by atoms with Gasteiger partial charge >= 0.3 is 0 Å². The number of rotatable bonds is 2. The molecule has 2 aliphatic rings. The van der Waals surface area contributed by atoms with E-state index in [1.54, 1.807) is 7.11 Å². The predicted octanol–water partition coefficient (Wildman–Crippen LogP) is 2.64. The van der Waals surface area contributed by atoms with E-state index in [1.807, 2.05) is 13.8 Å². The minimum Gasteiger partial charge on any atom is -0.495 e. The van der Waals surface area contributed by atoms with Crippen molar-refractivity contribution in [3.05, 3.63) is 23.6 Å². The number of methoxy groups -OCH3 is 1. The Morgan fingerprint density at radius 2 is 1.79 bits per heavy atom. The number of hydrogen-bond acceptors (Lipinski definition) is 2. The molecule has 2 unspecified atom stereocenters. The molecule has 2 heteroatoms. The van der Waals surface area contributed by atoms with Gasteiger partial charge in [0, 0.05) is 14.1 Å². The average molecular weight is 195 g/mol. The molecule has 0 radical (unpaired) electrons. The molecule has 0 spiro atoms. The van der Waals surface area contributed by atoms with Gasteiger partial charge in [-0.3, -0.25) is 0 Å². The lowest BCUT2D eigenvalue weighted by molar-refractivity contribution is 0.274. The van der Waals surface area contributed by atoms with Crippen molar-refractivity contribution in [2.75, 3.05) is 21.2 Å². The minimum atomic E-state index is 0.767. The first kappa shape index (κ1) is 11.2. The maximum atomic E-state index is 5.31. The van der Waals surface area contributed by atoms with Gasteiger partial charge in [-0.2, -0.15) is 0 Å². The molecule has 0 amide bonds. The van der Waals surface area contributed by atoms with Crippen LogP contribution in [0, 0.1) is 11.8 Å². The molecule has 0 bridgehead atoms. The highest BCUT2D eigenvalue weighted by atomic mass is 16.5. The third kappa shape index (κ3) is 2.11. The first-order valence-corrected chi connectivity index (χ1v) is 5.37. The summed E-state index contributed by atoms with van der Waals surface area (Å²) in [7, 11) is 5.86. The summed E-state index contributed by atoms with van der Waals surface area (Å²) in [5, 5.41) is 0. The Morgan fingerprint density at radius 3 is 2.29 bits per heavy atom. The molecule has 0 aliphatic heterocycles. The molecular formula is C12H21NO. The van der Waals surface area contributed by atoms with Crippen molar-refractivity contribution in [3.63, 3.8) is 0 Å². The summed E-state index contributed by atoms with van der Waals surface area (Å²) in [6.07, 6.45) is 5.88. The Kier molecular flexibility index (Phi) is 3.62. The van der Waals surface area contributed by atoms with E-state index in [1.165, 1.54) is 12.1 Å². The molecule has 2 aliphatic carbocycles. The Bertz CT molecular complexity index is 253. The zero-order valence-corrected chi connectivity index (χ0v) is 9.87. The number of likely N-dealkylation sites (N-methyl/N-ethyl adjacent to an activating group) is 1. The van der Waals surface area contributed by atoms with Crippen molar-refractivity contribution >= 4 is 0 Å². The molecule has 0 aromatic rings. The molecule has 0 N–H and O–H groups in total. The number of allylic oxidation sites excluding steroid dienone is 2. The van der Waals surface area contributed by atoms with E-state index >= 15 is 0 Å². The Morgan fingerprint density at radius 1 is 1.21 bits per heavy atom. The molecule has 14 heavy (non-hydrogen) atoms. The fourth-order valence-corrected chi connectivity index (χ4v) is 1.73. The maximum absolute atomic E-state index is 5.31. The van der Waals surface area contributed by atoms with Crippen molar-refractivity contribution in [1.82, 2.24) is 4.90 Å². The summed E-state index contributed by atoms with van der Waals surface area (Å²) in [6.45, 7) is 4.00. The van der Waals surface area contributed by atoms with Crippen LogP contribution >= 0.6 is 0 Å². The average Bonchev–Trinajstić information content (AvgIpc) is 2.96. The monoisotopic (exact) mass is 195 g/mol. The molecule has 2 atom stereocenters. The number of hydrogen-bond donors (Lipinski definition) is 0. The minimum absolute atomic E-state index is 0.767. The van der Waals surface area contributed by atoms with Crippen molar-refractivity contribution < 1.29 is 4.74 Å².